The molecule has 3 rings (SSSR count). The molecule has 1 atom stereocenters. The highest BCUT2D eigenvalue weighted by atomic mass is 127. The number of methoxy groups -OCH3 is 1. The van der Waals surface area contributed by atoms with Crippen molar-refractivity contribution in [2.45, 2.75) is 45.1 Å². The lowest BCUT2D eigenvalue weighted by atomic mass is 10.0. The second-order valence-corrected chi connectivity index (χ2v) is 8.67. The van der Waals surface area contributed by atoms with Crippen LogP contribution in [0.1, 0.15) is 50.6 Å². The Balaban J connectivity index is 0.00000385. The molecule has 0 amide bonds. The van der Waals surface area contributed by atoms with Gasteiger partial charge in [0.05, 0.1) is 19.7 Å². The minimum atomic E-state index is 0. The summed E-state index contributed by atoms with van der Waals surface area (Å²) in [6.45, 7) is 10.2. The topological polar surface area (TPSA) is 67.4 Å². The summed E-state index contributed by atoms with van der Waals surface area (Å²) in [5.41, 5.74) is 1.27. The van der Waals surface area contributed by atoms with E-state index in [0.717, 1.165) is 90.1 Å². The molecule has 0 saturated carbocycles. The van der Waals surface area contributed by atoms with E-state index in [-0.39, 0.29) is 30.0 Å². The normalized spacial score (nSPS) is 18.5. The first-order valence-corrected chi connectivity index (χ1v) is 12.4. The Morgan fingerprint density at radius 1 is 1.21 bits per heavy atom. The van der Waals surface area contributed by atoms with Crippen molar-refractivity contribution < 1.29 is 14.2 Å². The van der Waals surface area contributed by atoms with Crippen LogP contribution in [0.3, 0.4) is 0 Å². The van der Waals surface area contributed by atoms with Crippen LogP contribution in [-0.2, 0) is 9.47 Å². The van der Waals surface area contributed by atoms with E-state index in [0.29, 0.717) is 5.92 Å². The van der Waals surface area contributed by atoms with Gasteiger partial charge in [0.15, 0.2) is 5.96 Å². The summed E-state index contributed by atoms with van der Waals surface area (Å²) in [5, 5.41) is 6.86. The number of guanidine groups is 1. The lowest BCUT2D eigenvalue weighted by Gasteiger charge is -2.27. The van der Waals surface area contributed by atoms with Crippen molar-refractivity contribution in [1.29, 1.82) is 0 Å². The summed E-state index contributed by atoms with van der Waals surface area (Å²) in [4.78, 5) is 7.49. The van der Waals surface area contributed by atoms with Crippen molar-refractivity contribution in [3.8, 4) is 5.75 Å². The van der Waals surface area contributed by atoms with E-state index < -0.39 is 0 Å². The van der Waals surface area contributed by atoms with E-state index in [1.54, 1.807) is 7.11 Å². The van der Waals surface area contributed by atoms with E-state index in [9.17, 15) is 0 Å². The number of ether oxygens (including phenoxy) is 3. The van der Waals surface area contributed by atoms with Crippen LogP contribution in [0.25, 0.3) is 0 Å². The molecule has 2 saturated heterocycles. The fourth-order valence-corrected chi connectivity index (χ4v) is 4.40. The first-order valence-electron chi connectivity index (χ1n) is 12.4. The highest BCUT2D eigenvalue weighted by Crippen LogP contribution is 2.27. The van der Waals surface area contributed by atoms with E-state index in [4.69, 9.17) is 19.2 Å². The summed E-state index contributed by atoms with van der Waals surface area (Å²) in [6, 6.07) is 8.69. The molecule has 2 N–H and O–H groups in total. The Morgan fingerprint density at radius 3 is 2.73 bits per heavy atom. The predicted molar refractivity (Wildman–Crippen MR) is 145 cm³/mol. The van der Waals surface area contributed by atoms with Gasteiger partial charge in [-0.15, -0.1) is 24.0 Å². The molecular weight excluding hydrogens is 531 g/mol. The van der Waals surface area contributed by atoms with Crippen LogP contribution in [0.4, 0.5) is 0 Å². The van der Waals surface area contributed by atoms with Gasteiger partial charge in [0, 0.05) is 39.5 Å². The van der Waals surface area contributed by atoms with E-state index in [1.165, 1.54) is 18.4 Å². The first kappa shape index (κ1) is 28.1. The minimum Gasteiger partial charge on any atom is -0.497 e. The standard InChI is InChI=1S/C25H42N4O3.HI/c1-3-26-25(27-12-7-15-32-20-21-10-16-31-17-11-21)28-19-24(29-13-4-5-14-29)22-8-6-9-23(18-22)30-2;/h6,8-9,18,21,24H,3-5,7,10-17,19-20H2,1-2H3,(H2,26,27,28);1H. The van der Waals surface area contributed by atoms with Crippen LogP contribution in [0.2, 0.25) is 0 Å². The van der Waals surface area contributed by atoms with Crippen molar-refractivity contribution in [3.63, 3.8) is 0 Å². The molecule has 0 spiro atoms. The van der Waals surface area contributed by atoms with Crippen LogP contribution >= 0.6 is 24.0 Å². The second kappa shape index (κ2) is 16.5. The van der Waals surface area contributed by atoms with Crippen molar-refractivity contribution in [3.05, 3.63) is 29.8 Å². The van der Waals surface area contributed by atoms with Crippen molar-refractivity contribution in [2.24, 2.45) is 10.9 Å². The van der Waals surface area contributed by atoms with Gasteiger partial charge in [0.1, 0.15) is 5.75 Å². The van der Waals surface area contributed by atoms with Gasteiger partial charge in [-0.1, -0.05) is 12.1 Å². The number of benzene rings is 1. The maximum atomic E-state index is 5.89. The van der Waals surface area contributed by atoms with Gasteiger partial charge in [-0.2, -0.15) is 0 Å². The Bertz CT molecular complexity index is 679. The van der Waals surface area contributed by atoms with Gasteiger partial charge in [0.2, 0.25) is 0 Å². The molecule has 0 aromatic heterocycles. The quantitative estimate of drug-likeness (QED) is 0.171. The highest BCUT2D eigenvalue weighted by molar-refractivity contribution is 14.0. The molecule has 7 nitrogen and oxygen atoms in total. The van der Waals surface area contributed by atoms with Crippen LogP contribution in [0.5, 0.6) is 5.75 Å². The Kier molecular flexibility index (Phi) is 14.1. The molecule has 0 aliphatic carbocycles. The molecule has 2 fully saturated rings. The largest absolute Gasteiger partial charge is 0.497 e. The lowest BCUT2D eigenvalue weighted by Crippen LogP contribution is -2.39. The molecule has 33 heavy (non-hydrogen) atoms. The number of rotatable bonds is 12. The van der Waals surface area contributed by atoms with Gasteiger partial charge in [-0.25, -0.2) is 0 Å². The van der Waals surface area contributed by atoms with Gasteiger partial charge in [-0.05, 0) is 75.7 Å². The SMILES string of the molecule is CCNC(=NCC(c1cccc(OC)c1)N1CCCC1)NCCCOCC1CCOCC1.I. The van der Waals surface area contributed by atoms with Crippen LogP contribution < -0.4 is 15.4 Å². The van der Waals surface area contributed by atoms with Crippen LogP contribution in [0, 0.1) is 5.92 Å². The zero-order chi connectivity index (χ0) is 22.4. The lowest BCUT2D eigenvalue weighted by molar-refractivity contribution is 0.0203. The first-order chi connectivity index (χ1) is 15.8. The van der Waals surface area contributed by atoms with E-state index in [1.807, 2.05) is 6.07 Å². The van der Waals surface area contributed by atoms with E-state index in [2.05, 4.69) is 40.7 Å². The molecular formula is C25H43IN4O3. The summed E-state index contributed by atoms with van der Waals surface area (Å²) in [7, 11) is 1.72. The zero-order valence-corrected chi connectivity index (χ0v) is 22.7. The number of hydrogen-bond donors (Lipinski definition) is 2. The summed E-state index contributed by atoms with van der Waals surface area (Å²) < 4.78 is 16.8. The number of hydrogen-bond acceptors (Lipinski definition) is 5. The molecule has 0 bridgehead atoms. The maximum Gasteiger partial charge on any atom is 0.191 e. The monoisotopic (exact) mass is 574 g/mol. The Morgan fingerprint density at radius 2 is 2.00 bits per heavy atom. The van der Waals surface area contributed by atoms with Crippen LogP contribution in [0.15, 0.2) is 29.3 Å². The third kappa shape index (κ3) is 9.96. The van der Waals surface area contributed by atoms with Crippen molar-refractivity contribution >= 4 is 29.9 Å². The average molecular weight is 575 g/mol. The smallest absolute Gasteiger partial charge is 0.191 e. The number of nitrogens with zero attached hydrogens (tertiary/aromatic N) is 2. The van der Waals surface area contributed by atoms with Gasteiger partial charge < -0.3 is 24.8 Å². The molecule has 188 valence electrons. The molecule has 1 unspecified atom stereocenters. The second-order valence-electron chi connectivity index (χ2n) is 8.67. The van der Waals surface area contributed by atoms with E-state index >= 15 is 0 Å². The average Bonchev–Trinajstić information content (AvgIpc) is 3.37. The molecule has 2 aliphatic rings. The number of likely N-dealkylation sites (tertiary alicyclic amines) is 1. The molecule has 8 heteroatoms. The third-order valence-corrected chi connectivity index (χ3v) is 6.28. The predicted octanol–water partition coefficient (Wildman–Crippen LogP) is 3.84. The number of nitrogens with one attached hydrogen (secondary N) is 2. The third-order valence-electron chi connectivity index (χ3n) is 6.28. The highest BCUT2D eigenvalue weighted by Gasteiger charge is 2.23. The fraction of sp³-hybridized carbons (Fsp3) is 0.720. The maximum absolute atomic E-state index is 5.89. The molecule has 1 aromatic rings. The summed E-state index contributed by atoms with van der Waals surface area (Å²) >= 11 is 0. The number of halogens is 1. The van der Waals surface area contributed by atoms with Crippen molar-refractivity contribution in [2.75, 3.05) is 66.3 Å². The van der Waals surface area contributed by atoms with Crippen LogP contribution in [-0.4, -0.2) is 77.1 Å². The van der Waals surface area contributed by atoms with Gasteiger partial charge in [-0.3, -0.25) is 9.89 Å². The van der Waals surface area contributed by atoms with Gasteiger partial charge in [0.25, 0.3) is 0 Å². The molecule has 2 heterocycles. The fourth-order valence-electron chi connectivity index (χ4n) is 4.40. The van der Waals surface area contributed by atoms with Gasteiger partial charge >= 0.3 is 0 Å². The number of aliphatic imine (C=N–C) groups is 1. The minimum absolute atomic E-state index is 0. The Labute approximate surface area is 217 Å². The molecule has 2 aliphatic heterocycles. The molecule has 1 aromatic carbocycles. The zero-order valence-electron chi connectivity index (χ0n) is 20.4. The Hall–Kier alpha value is -1.10. The van der Waals surface area contributed by atoms with Crippen molar-refractivity contribution in [1.82, 2.24) is 15.5 Å². The molecule has 0 radical (unpaired) electrons. The summed E-state index contributed by atoms with van der Waals surface area (Å²) in [5.74, 6) is 2.44. The summed E-state index contributed by atoms with van der Waals surface area (Å²) in [6.07, 6.45) is 5.74.